The molecule has 1 aliphatic carbocycles. The lowest BCUT2D eigenvalue weighted by Gasteiger charge is -2.45. The first-order valence-corrected chi connectivity index (χ1v) is 19.2. The van der Waals surface area contributed by atoms with E-state index in [0.717, 1.165) is 71.4 Å². The number of aliphatic hydroxyl groups is 1. The van der Waals surface area contributed by atoms with Crippen molar-refractivity contribution in [3.8, 4) is 11.3 Å². The van der Waals surface area contributed by atoms with Crippen LogP contribution in [0.15, 0.2) is 54.2 Å². The van der Waals surface area contributed by atoms with Gasteiger partial charge in [-0.1, -0.05) is 6.58 Å². The van der Waals surface area contributed by atoms with E-state index in [9.17, 15) is 19.5 Å². The Morgan fingerprint density at radius 2 is 1.89 bits per heavy atom. The SMILES string of the molecule is C=CC(=O)Nc1cc(Nc2nc(-c3ccnc(N4CCn5c(cc6c5CCCC6)C4=O)c3CO)cn(C)c2=O)cnc1N1CCN(C2CCOCC2)C[C@@H]1C. The average Bonchev–Trinajstić information content (AvgIpc) is 3.59. The van der Waals surface area contributed by atoms with E-state index in [1.54, 1.807) is 42.7 Å². The fourth-order valence-corrected chi connectivity index (χ4v) is 8.62. The molecule has 7 heterocycles. The zero-order chi connectivity index (χ0) is 38.2. The monoisotopic (exact) mass is 748 g/mol. The van der Waals surface area contributed by atoms with Crippen molar-refractivity contribution >= 4 is 40.6 Å². The molecule has 3 N–H and O–H groups in total. The number of hydrogen-bond donors (Lipinski definition) is 3. The van der Waals surface area contributed by atoms with Gasteiger partial charge in [0.1, 0.15) is 11.5 Å². The summed E-state index contributed by atoms with van der Waals surface area (Å²) in [5.74, 6) is 0.488. The number of fused-ring (bicyclic) bond motifs is 3. The van der Waals surface area contributed by atoms with Crippen LogP contribution in [-0.2, 0) is 42.6 Å². The van der Waals surface area contributed by atoms with E-state index in [0.29, 0.717) is 64.7 Å². The summed E-state index contributed by atoms with van der Waals surface area (Å²) in [4.78, 5) is 60.5. The minimum absolute atomic E-state index is 0.0219. The second kappa shape index (κ2) is 15.4. The summed E-state index contributed by atoms with van der Waals surface area (Å²) in [6.45, 7) is 10.5. The number of carbonyl (C=O) groups excluding carboxylic acids is 2. The Labute approximate surface area is 319 Å². The highest BCUT2D eigenvalue weighted by Gasteiger charge is 2.34. The fraction of sp³-hybridized carbons (Fsp3) is 0.450. The van der Waals surface area contributed by atoms with Crippen LogP contribution in [0, 0.1) is 0 Å². The third-order valence-electron chi connectivity index (χ3n) is 11.4. The molecule has 0 spiro atoms. The van der Waals surface area contributed by atoms with Crippen LogP contribution >= 0.6 is 0 Å². The Hall–Kier alpha value is -5.38. The maximum Gasteiger partial charge on any atom is 0.293 e. The summed E-state index contributed by atoms with van der Waals surface area (Å²) < 4.78 is 9.14. The molecule has 288 valence electrons. The van der Waals surface area contributed by atoms with Gasteiger partial charge in [0.15, 0.2) is 11.6 Å². The summed E-state index contributed by atoms with van der Waals surface area (Å²) in [5.41, 5.74) is 5.06. The first kappa shape index (κ1) is 36.6. The van der Waals surface area contributed by atoms with Gasteiger partial charge in [-0.15, -0.1) is 0 Å². The zero-order valence-corrected chi connectivity index (χ0v) is 31.5. The number of amides is 2. The highest BCUT2D eigenvalue weighted by Crippen LogP contribution is 2.35. The number of rotatable bonds is 9. The van der Waals surface area contributed by atoms with Crippen molar-refractivity contribution in [2.45, 2.75) is 70.7 Å². The van der Waals surface area contributed by atoms with Gasteiger partial charge in [0.25, 0.3) is 11.5 Å². The molecule has 15 nitrogen and oxygen atoms in total. The predicted molar refractivity (Wildman–Crippen MR) is 210 cm³/mol. The van der Waals surface area contributed by atoms with Crippen LogP contribution < -0.4 is 26.0 Å². The van der Waals surface area contributed by atoms with Gasteiger partial charge >= 0.3 is 0 Å². The number of aromatic nitrogens is 5. The van der Waals surface area contributed by atoms with Gasteiger partial charge in [-0.3, -0.25) is 24.2 Å². The highest BCUT2D eigenvalue weighted by atomic mass is 16.5. The molecule has 0 bridgehead atoms. The molecular weight excluding hydrogens is 701 g/mol. The van der Waals surface area contributed by atoms with Crippen LogP contribution in [0.3, 0.4) is 0 Å². The van der Waals surface area contributed by atoms with Crippen molar-refractivity contribution in [1.29, 1.82) is 0 Å². The van der Waals surface area contributed by atoms with Crippen LogP contribution in [-0.4, -0.2) is 97.4 Å². The number of carbonyl (C=O) groups is 2. The van der Waals surface area contributed by atoms with E-state index in [2.05, 4.69) is 43.5 Å². The Morgan fingerprint density at radius 1 is 1.07 bits per heavy atom. The van der Waals surface area contributed by atoms with E-state index in [-0.39, 0.29) is 23.7 Å². The smallest absolute Gasteiger partial charge is 0.293 e. The Bertz CT molecular complexity index is 2190. The van der Waals surface area contributed by atoms with Crippen molar-refractivity contribution in [3.63, 3.8) is 0 Å². The van der Waals surface area contributed by atoms with Crippen molar-refractivity contribution < 1.29 is 19.4 Å². The topological polar surface area (TPSA) is 163 Å². The maximum absolute atomic E-state index is 13.9. The van der Waals surface area contributed by atoms with Gasteiger partial charge < -0.3 is 34.5 Å². The van der Waals surface area contributed by atoms with E-state index in [1.165, 1.54) is 21.9 Å². The molecule has 0 unspecified atom stereocenters. The first-order valence-electron chi connectivity index (χ1n) is 19.2. The molecule has 4 aromatic rings. The molecule has 2 amide bonds. The Balaban J connectivity index is 1.07. The van der Waals surface area contributed by atoms with Crippen LogP contribution in [0.25, 0.3) is 11.3 Å². The third-order valence-corrected chi connectivity index (χ3v) is 11.4. The Kier molecular flexibility index (Phi) is 10.2. The second-order valence-corrected chi connectivity index (χ2v) is 14.8. The number of aliphatic hydroxyl groups excluding tert-OH is 1. The van der Waals surface area contributed by atoms with E-state index >= 15 is 0 Å². The fourth-order valence-electron chi connectivity index (χ4n) is 8.62. The van der Waals surface area contributed by atoms with Crippen LogP contribution in [0.1, 0.15) is 59.9 Å². The summed E-state index contributed by atoms with van der Waals surface area (Å²) in [6.07, 6.45) is 12.3. The molecule has 0 aromatic carbocycles. The summed E-state index contributed by atoms with van der Waals surface area (Å²) in [5, 5.41) is 16.8. The number of anilines is 5. The molecular formula is C40H48N10O5. The quantitative estimate of drug-likeness (QED) is 0.214. The number of hydrogen-bond acceptors (Lipinski definition) is 11. The number of nitrogens with one attached hydrogen (secondary N) is 2. The molecule has 0 radical (unpaired) electrons. The molecule has 2 fully saturated rings. The molecule has 0 saturated carbocycles. The van der Waals surface area contributed by atoms with Gasteiger partial charge in [0.05, 0.1) is 29.9 Å². The van der Waals surface area contributed by atoms with Gasteiger partial charge in [-0.25, -0.2) is 15.0 Å². The normalized spacial score (nSPS) is 19.2. The minimum Gasteiger partial charge on any atom is -0.392 e. The average molecular weight is 749 g/mol. The number of pyridine rings is 2. The second-order valence-electron chi connectivity index (χ2n) is 14.8. The molecule has 3 aliphatic heterocycles. The zero-order valence-electron chi connectivity index (χ0n) is 31.5. The van der Waals surface area contributed by atoms with Crippen molar-refractivity contribution in [2.24, 2.45) is 7.05 Å². The van der Waals surface area contributed by atoms with Gasteiger partial charge in [0, 0.05) is 94.3 Å². The molecule has 55 heavy (non-hydrogen) atoms. The van der Waals surface area contributed by atoms with E-state index in [1.807, 2.05) is 6.07 Å². The van der Waals surface area contributed by atoms with E-state index < -0.39 is 12.2 Å². The summed E-state index contributed by atoms with van der Waals surface area (Å²) >= 11 is 0. The lowest BCUT2D eigenvalue weighted by Crippen LogP contribution is -2.56. The van der Waals surface area contributed by atoms with Crippen LogP contribution in [0.5, 0.6) is 0 Å². The molecule has 4 aromatic heterocycles. The largest absolute Gasteiger partial charge is 0.392 e. The maximum atomic E-state index is 13.9. The van der Waals surface area contributed by atoms with Crippen LogP contribution in [0.2, 0.25) is 0 Å². The summed E-state index contributed by atoms with van der Waals surface area (Å²) in [7, 11) is 1.63. The minimum atomic E-state index is -0.396. The number of nitrogens with zero attached hydrogens (tertiary/aromatic N) is 8. The number of piperazine rings is 1. The van der Waals surface area contributed by atoms with E-state index in [4.69, 9.17) is 14.7 Å². The van der Waals surface area contributed by atoms with Crippen LogP contribution in [0.4, 0.5) is 28.8 Å². The molecule has 4 aliphatic rings. The van der Waals surface area contributed by atoms with Crippen molar-refractivity contribution in [2.75, 3.05) is 59.8 Å². The highest BCUT2D eigenvalue weighted by molar-refractivity contribution is 6.06. The lowest BCUT2D eigenvalue weighted by atomic mass is 9.98. The predicted octanol–water partition coefficient (Wildman–Crippen LogP) is 3.63. The number of aryl methyl sites for hydroxylation is 2. The molecule has 15 heteroatoms. The third kappa shape index (κ3) is 7.03. The van der Waals surface area contributed by atoms with Crippen molar-refractivity contribution in [3.05, 3.63) is 82.3 Å². The standard InChI is InChI=1S/C40H48N10O5/c1-4-35(52)44-31-20-27(21-42-38(31)48-14-13-47(22-25(48)2)28-10-17-55-18-11-28)43-36-40(54)46(3)23-32(45-36)29-9-12-41-37(30(29)24-51)50-16-15-49-33-8-6-5-7-26(33)19-34(49)39(50)53/h4,9,12,19-21,23,25,28,51H,1,5-8,10-11,13-18,22,24H2,2-3H3,(H,43,45)(H,44,52)/t25-/m0/s1. The van der Waals surface area contributed by atoms with Gasteiger partial charge in [-0.2, -0.15) is 0 Å². The molecule has 2 saturated heterocycles. The number of ether oxygens (including phenoxy) is 1. The molecule has 1 atom stereocenters. The van der Waals surface area contributed by atoms with Gasteiger partial charge in [0.2, 0.25) is 5.91 Å². The Morgan fingerprint density at radius 3 is 2.67 bits per heavy atom. The summed E-state index contributed by atoms with van der Waals surface area (Å²) in [6, 6.07) is 6.12. The van der Waals surface area contributed by atoms with Crippen molar-refractivity contribution in [1.82, 2.24) is 29.0 Å². The molecule has 8 rings (SSSR count). The lowest BCUT2D eigenvalue weighted by molar-refractivity contribution is -0.111. The van der Waals surface area contributed by atoms with Gasteiger partial charge in [-0.05, 0) is 75.3 Å². The first-order chi connectivity index (χ1) is 26.7.